The zero-order valence-electron chi connectivity index (χ0n) is 6.09. The van der Waals surface area contributed by atoms with Crippen molar-refractivity contribution in [2.75, 3.05) is 12.0 Å². The van der Waals surface area contributed by atoms with Crippen LogP contribution in [0.4, 0.5) is 0 Å². The van der Waals surface area contributed by atoms with Crippen LogP contribution in [0.1, 0.15) is 6.42 Å². The summed E-state index contributed by atoms with van der Waals surface area (Å²) in [6.45, 7) is 0. The third kappa shape index (κ3) is 10.8. The fourth-order valence-corrected chi connectivity index (χ4v) is 0.858. The summed E-state index contributed by atoms with van der Waals surface area (Å²) >= 11 is 1.60. The van der Waals surface area contributed by atoms with Crippen LogP contribution in [-0.4, -0.2) is 29.1 Å². The summed E-state index contributed by atoms with van der Waals surface area (Å²) in [5.74, 6) is -0.1000. The molecule has 0 aromatic carbocycles. The molecule has 0 aromatic heterocycles. The van der Waals surface area contributed by atoms with E-state index < -0.39 is 12.0 Å². The molecule has 0 saturated carbocycles. The van der Waals surface area contributed by atoms with E-state index in [9.17, 15) is 4.79 Å². The molecule has 68 valence electrons. The maximum absolute atomic E-state index is 10.1. The third-order valence-electron chi connectivity index (χ3n) is 0.950. The Hall–Kier alpha value is 0.819. The van der Waals surface area contributed by atoms with E-state index in [2.05, 4.69) is 0 Å². The second-order valence-corrected chi connectivity index (χ2v) is 2.71. The topological polar surface area (TPSA) is 63.3 Å². The first-order valence-electron chi connectivity index (χ1n) is 2.65. The largest absolute Gasteiger partial charge is 0.480 e. The second-order valence-electron chi connectivity index (χ2n) is 1.73. The molecule has 2 radical (unpaired) electrons. The molecule has 0 unspecified atom stereocenters. The van der Waals surface area contributed by atoms with Crippen LogP contribution in [0.3, 0.4) is 0 Å². The van der Waals surface area contributed by atoms with Crippen molar-refractivity contribution in [3.05, 3.63) is 0 Å². The molecule has 0 aliphatic rings. The van der Waals surface area contributed by atoms with Crippen molar-refractivity contribution in [1.29, 1.82) is 0 Å². The number of rotatable bonds is 4. The minimum absolute atomic E-state index is 0. The van der Waals surface area contributed by atoms with Crippen molar-refractivity contribution in [3.63, 3.8) is 0 Å². The van der Waals surface area contributed by atoms with E-state index in [1.54, 1.807) is 11.8 Å². The molecule has 0 aliphatic heterocycles. The Morgan fingerprint density at radius 3 is 2.36 bits per heavy atom. The maximum Gasteiger partial charge on any atom is 0.320 e. The maximum atomic E-state index is 10.1. The number of carboxylic acid groups (broad SMARTS) is 1. The van der Waals surface area contributed by atoms with Gasteiger partial charge in [-0.3, -0.25) is 4.79 Å². The van der Waals surface area contributed by atoms with Gasteiger partial charge in [-0.1, -0.05) is 0 Å². The van der Waals surface area contributed by atoms with Crippen molar-refractivity contribution in [1.82, 2.24) is 0 Å². The summed E-state index contributed by atoms with van der Waals surface area (Å²) in [5, 5.41) is 8.27. The van der Waals surface area contributed by atoms with Crippen molar-refractivity contribution in [2.24, 2.45) is 5.73 Å². The minimum atomic E-state index is -0.913. The summed E-state index contributed by atoms with van der Waals surface area (Å²) in [6.07, 6.45) is 2.48. The molecular formula is C5H11Mn2NO2S. The van der Waals surface area contributed by atoms with Crippen LogP contribution in [0.5, 0.6) is 0 Å². The minimum Gasteiger partial charge on any atom is -0.480 e. The van der Waals surface area contributed by atoms with E-state index in [1.165, 1.54) is 0 Å². The third-order valence-corrected chi connectivity index (χ3v) is 1.59. The Kier molecular flexibility index (Phi) is 17.5. The molecule has 0 heterocycles. The first-order valence-corrected chi connectivity index (χ1v) is 4.05. The average molecular weight is 259 g/mol. The molecule has 0 amide bonds. The van der Waals surface area contributed by atoms with Crippen LogP contribution in [0, 0.1) is 0 Å². The molecule has 0 aliphatic carbocycles. The van der Waals surface area contributed by atoms with Gasteiger partial charge < -0.3 is 10.8 Å². The predicted molar refractivity (Wildman–Crippen MR) is 38.6 cm³/mol. The average Bonchev–Trinajstić information content (AvgIpc) is 1.82. The van der Waals surface area contributed by atoms with E-state index in [0.717, 1.165) is 5.75 Å². The van der Waals surface area contributed by atoms with E-state index >= 15 is 0 Å². The van der Waals surface area contributed by atoms with Crippen LogP contribution in [0.25, 0.3) is 0 Å². The Morgan fingerprint density at radius 2 is 2.09 bits per heavy atom. The quantitative estimate of drug-likeness (QED) is 0.705. The molecule has 0 aromatic rings. The van der Waals surface area contributed by atoms with Crippen molar-refractivity contribution in [3.8, 4) is 0 Å². The zero-order valence-corrected chi connectivity index (χ0v) is 9.27. The number of carbonyl (C=O) groups is 1. The van der Waals surface area contributed by atoms with Gasteiger partial charge in [0.1, 0.15) is 6.04 Å². The zero-order chi connectivity index (χ0) is 7.28. The second kappa shape index (κ2) is 10.8. The Balaban J connectivity index is -0.000000320. The van der Waals surface area contributed by atoms with Crippen LogP contribution in [0.2, 0.25) is 0 Å². The first-order chi connectivity index (χ1) is 4.18. The van der Waals surface area contributed by atoms with Gasteiger partial charge in [0, 0.05) is 34.1 Å². The molecule has 3 N–H and O–H groups in total. The molecule has 0 saturated heterocycles. The summed E-state index contributed by atoms with van der Waals surface area (Å²) in [6, 6.07) is -0.683. The van der Waals surface area contributed by atoms with Gasteiger partial charge in [0.05, 0.1) is 0 Å². The van der Waals surface area contributed by atoms with Gasteiger partial charge in [0.2, 0.25) is 0 Å². The van der Waals surface area contributed by atoms with Crippen molar-refractivity contribution < 1.29 is 44.0 Å². The molecule has 3 nitrogen and oxygen atoms in total. The number of hydrogen-bond acceptors (Lipinski definition) is 3. The Labute approximate surface area is 91.8 Å². The van der Waals surface area contributed by atoms with Gasteiger partial charge >= 0.3 is 5.97 Å². The first kappa shape index (κ1) is 17.8. The molecule has 11 heavy (non-hydrogen) atoms. The molecule has 0 fully saturated rings. The summed E-state index contributed by atoms with van der Waals surface area (Å²) in [5.41, 5.74) is 5.19. The molecule has 0 rings (SSSR count). The Morgan fingerprint density at radius 1 is 1.64 bits per heavy atom. The van der Waals surface area contributed by atoms with E-state index in [0.29, 0.717) is 6.42 Å². The number of carboxylic acids is 1. The van der Waals surface area contributed by atoms with Crippen LogP contribution < -0.4 is 5.73 Å². The summed E-state index contributed by atoms with van der Waals surface area (Å²) in [4.78, 5) is 10.1. The van der Waals surface area contributed by atoms with Gasteiger partial charge in [0.15, 0.2) is 0 Å². The monoisotopic (exact) mass is 259 g/mol. The van der Waals surface area contributed by atoms with E-state index in [1.807, 2.05) is 6.26 Å². The van der Waals surface area contributed by atoms with Crippen molar-refractivity contribution >= 4 is 17.7 Å². The fraction of sp³-hybridized carbons (Fsp3) is 0.800. The smallest absolute Gasteiger partial charge is 0.320 e. The number of hydrogen-bond donors (Lipinski definition) is 2. The normalized spacial score (nSPS) is 10.7. The van der Waals surface area contributed by atoms with Gasteiger partial charge in [-0.15, -0.1) is 0 Å². The molecule has 0 bridgehead atoms. The Bertz CT molecular complexity index is 104. The van der Waals surface area contributed by atoms with Crippen LogP contribution in [-0.2, 0) is 38.9 Å². The van der Waals surface area contributed by atoms with E-state index in [-0.39, 0.29) is 34.1 Å². The van der Waals surface area contributed by atoms with Gasteiger partial charge in [0.25, 0.3) is 0 Å². The number of thioether (sulfide) groups is 1. The molecule has 6 heteroatoms. The molecule has 0 spiro atoms. The van der Waals surface area contributed by atoms with Crippen molar-refractivity contribution in [2.45, 2.75) is 12.5 Å². The summed E-state index contributed by atoms with van der Waals surface area (Å²) < 4.78 is 0. The molecular weight excluding hydrogens is 248 g/mol. The van der Waals surface area contributed by atoms with Gasteiger partial charge in [-0.25, -0.2) is 0 Å². The predicted octanol–water partition coefficient (Wildman–Crippen LogP) is 0.146. The standard InChI is InChI=1S/C5H11NO2S.2Mn/c1-9-3-2-4(6)5(7)8;;/h4H,2-3,6H2,1H3,(H,7,8);;/t4-;;/m0../s1. The van der Waals surface area contributed by atoms with Gasteiger partial charge in [-0.05, 0) is 18.4 Å². The van der Waals surface area contributed by atoms with E-state index in [4.69, 9.17) is 10.8 Å². The molecule has 1 atom stereocenters. The number of nitrogens with two attached hydrogens (primary N) is 1. The SMILES string of the molecule is CSCC[C@H](N)C(=O)O.[Mn].[Mn]. The van der Waals surface area contributed by atoms with Gasteiger partial charge in [-0.2, -0.15) is 11.8 Å². The summed E-state index contributed by atoms with van der Waals surface area (Å²) in [7, 11) is 0. The fourth-order valence-electron chi connectivity index (χ4n) is 0.368. The van der Waals surface area contributed by atoms with Crippen LogP contribution >= 0.6 is 11.8 Å². The number of aliphatic carboxylic acids is 1. The van der Waals surface area contributed by atoms with Crippen LogP contribution in [0.15, 0.2) is 0 Å².